The van der Waals surface area contributed by atoms with Crippen LogP contribution in [0, 0.1) is 0 Å². The highest BCUT2D eigenvalue weighted by Crippen LogP contribution is 2.36. The molecule has 30 heavy (non-hydrogen) atoms. The van der Waals surface area contributed by atoms with Crippen molar-refractivity contribution in [2.75, 3.05) is 34.0 Å². The van der Waals surface area contributed by atoms with Crippen molar-refractivity contribution in [2.45, 2.75) is 13.3 Å². The summed E-state index contributed by atoms with van der Waals surface area (Å²) >= 11 is 6.36. The van der Waals surface area contributed by atoms with E-state index in [-0.39, 0.29) is 0 Å². The van der Waals surface area contributed by atoms with Gasteiger partial charge >= 0.3 is 6.09 Å². The lowest BCUT2D eigenvalue weighted by Gasteiger charge is -2.14. The van der Waals surface area contributed by atoms with Gasteiger partial charge in [-0.15, -0.1) is 0 Å². The Morgan fingerprint density at radius 2 is 1.87 bits per heavy atom. The Morgan fingerprint density at radius 1 is 1.10 bits per heavy atom. The molecule has 2 rings (SSSR count). The molecule has 0 saturated carbocycles. The summed E-state index contributed by atoms with van der Waals surface area (Å²) in [7, 11) is 2.86. The van der Waals surface area contributed by atoms with Gasteiger partial charge in [-0.1, -0.05) is 17.7 Å². The largest absolute Gasteiger partial charge is 0.497 e. The van der Waals surface area contributed by atoms with E-state index in [2.05, 4.69) is 15.3 Å². The number of carbonyl (C=O) groups excluding carboxylic acids is 1. The van der Waals surface area contributed by atoms with E-state index in [0.29, 0.717) is 48.3 Å². The van der Waals surface area contributed by atoms with Crippen LogP contribution in [0.25, 0.3) is 0 Å². The van der Waals surface area contributed by atoms with Crippen molar-refractivity contribution in [1.29, 1.82) is 0 Å². The molecule has 0 aliphatic carbocycles. The zero-order valence-corrected chi connectivity index (χ0v) is 17.9. The van der Waals surface area contributed by atoms with Crippen molar-refractivity contribution >= 4 is 23.9 Å². The fourth-order valence-electron chi connectivity index (χ4n) is 2.38. The summed E-state index contributed by atoms with van der Waals surface area (Å²) in [6, 6.07) is 10.8. The molecule has 0 heterocycles. The van der Waals surface area contributed by atoms with Gasteiger partial charge in [0.05, 0.1) is 45.3 Å². The van der Waals surface area contributed by atoms with Crippen LogP contribution in [0.2, 0.25) is 5.02 Å². The molecule has 8 nitrogen and oxygen atoms in total. The number of carbonyl (C=O) groups is 1. The van der Waals surface area contributed by atoms with Crippen LogP contribution in [0.4, 0.5) is 4.79 Å². The van der Waals surface area contributed by atoms with E-state index >= 15 is 0 Å². The molecule has 2 aromatic carbocycles. The molecule has 0 atom stereocenters. The Morgan fingerprint density at radius 3 is 2.60 bits per heavy atom. The number of amides is 1. The average Bonchev–Trinajstić information content (AvgIpc) is 2.75. The van der Waals surface area contributed by atoms with Crippen LogP contribution in [-0.2, 0) is 4.74 Å². The summed E-state index contributed by atoms with van der Waals surface area (Å²) in [6.07, 6.45) is 1.40. The van der Waals surface area contributed by atoms with Crippen LogP contribution < -0.4 is 24.4 Å². The Bertz CT molecular complexity index is 859. The molecule has 2 aromatic rings. The monoisotopic (exact) mass is 436 g/mol. The topological polar surface area (TPSA) is 87.6 Å². The van der Waals surface area contributed by atoms with Crippen LogP contribution in [0.1, 0.15) is 18.9 Å². The van der Waals surface area contributed by atoms with E-state index in [1.165, 1.54) is 13.3 Å². The molecule has 0 aromatic heterocycles. The predicted molar refractivity (Wildman–Crippen MR) is 114 cm³/mol. The summed E-state index contributed by atoms with van der Waals surface area (Å²) in [5.74, 6) is 2.39. The lowest BCUT2D eigenvalue weighted by atomic mass is 10.2. The molecule has 1 N–H and O–H groups in total. The van der Waals surface area contributed by atoms with Gasteiger partial charge in [0.1, 0.15) is 11.5 Å². The van der Waals surface area contributed by atoms with Gasteiger partial charge in [0.25, 0.3) is 0 Å². The fraction of sp³-hybridized carbons (Fsp3) is 0.333. The third-order valence-corrected chi connectivity index (χ3v) is 4.01. The summed E-state index contributed by atoms with van der Waals surface area (Å²) in [5, 5.41) is 4.15. The number of rotatable bonds is 11. The van der Waals surface area contributed by atoms with Crippen molar-refractivity contribution < 1.29 is 28.5 Å². The highest BCUT2D eigenvalue weighted by Gasteiger charge is 2.12. The average molecular weight is 437 g/mol. The van der Waals surface area contributed by atoms with E-state index in [9.17, 15) is 4.79 Å². The van der Waals surface area contributed by atoms with Gasteiger partial charge in [-0.05, 0) is 36.8 Å². The number of nitrogens with one attached hydrogen (secondary N) is 1. The molecule has 1 amide bonds. The summed E-state index contributed by atoms with van der Waals surface area (Å²) in [4.78, 5) is 11.1. The third kappa shape index (κ3) is 7.36. The van der Waals surface area contributed by atoms with Crippen molar-refractivity contribution in [3.8, 4) is 23.0 Å². The molecular formula is C21H25ClN2O6. The highest BCUT2D eigenvalue weighted by atomic mass is 35.5. The van der Waals surface area contributed by atoms with Crippen molar-refractivity contribution in [1.82, 2.24) is 5.43 Å². The normalized spacial score (nSPS) is 10.5. The van der Waals surface area contributed by atoms with Crippen molar-refractivity contribution in [3.05, 3.63) is 47.0 Å². The SMILES string of the molecule is CCOc1cc(C=NNC(=O)OC)cc(Cl)c1OCCCOc1cccc(OC)c1. The maximum atomic E-state index is 11.1. The number of hydrazone groups is 1. The minimum Gasteiger partial charge on any atom is -0.497 e. The second-order valence-corrected chi connectivity index (χ2v) is 6.26. The fourth-order valence-corrected chi connectivity index (χ4v) is 2.66. The third-order valence-electron chi connectivity index (χ3n) is 3.73. The molecule has 162 valence electrons. The number of hydrogen-bond acceptors (Lipinski definition) is 7. The predicted octanol–water partition coefficient (Wildman–Crippen LogP) is 4.29. The van der Waals surface area contributed by atoms with Gasteiger partial charge in [0.15, 0.2) is 11.5 Å². The van der Waals surface area contributed by atoms with Gasteiger partial charge < -0.3 is 23.7 Å². The van der Waals surface area contributed by atoms with E-state index < -0.39 is 6.09 Å². The van der Waals surface area contributed by atoms with Gasteiger partial charge in [-0.25, -0.2) is 10.2 Å². The molecule has 0 spiro atoms. The molecule has 9 heteroatoms. The Labute approximate surface area is 180 Å². The van der Waals surface area contributed by atoms with Crippen LogP contribution in [0.15, 0.2) is 41.5 Å². The lowest BCUT2D eigenvalue weighted by molar-refractivity contribution is 0.171. The molecule has 0 radical (unpaired) electrons. The Hall–Kier alpha value is -3.13. The minimum atomic E-state index is -0.668. The van der Waals surface area contributed by atoms with Crippen LogP contribution >= 0.6 is 11.6 Å². The summed E-state index contributed by atoms with van der Waals surface area (Å²) in [5.41, 5.74) is 2.84. The lowest BCUT2D eigenvalue weighted by Crippen LogP contribution is -2.16. The number of methoxy groups -OCH3 is 2. The number of nitrogens with zero attached hydrogens (tertiary/aromatic N) is 1. The molecule has 0 fully saturated rings. The van der Waals surface area contributed by atoms with Gasteiger partial charge in [0.2, 0.25) is 0 Å². The number of halogens is 1. The Balaban J connectivity index is 1.92. The zero-order chi connectivity index (χ0) is 21.8. The molecule has 0 aliphatic heterocycles. The quantitative estimate of drug-likeness (QED) is 0.321. The van der Waals surface area contributed by atoms with Crippen molar-refractivity contribution in [2.24, 2.45) is 5.10 Å². The smallest absolute Gasteiger partial charge is 0.427 e. The highest BCUT2D eigenvalue weighted by molar-refractivity contribution is 6.32. The van der Waals surface area contributed by atoms with Crippen molar-refractivity contribution in [3.63, 3.8) is 0 Å². The second-order valence-electron chi connectivity index (χ2n) is 5.85. The molecule has 0 unspecified atom stereocenters. The Kier molecular flexibility index (Phi) is 9.60. The number of hydrogen-bond donors (Lipinski definition) is 1. The number of ether oxygens (including phenoxy) is 5. The number of benzene rings is 2. The van der Waals surface area contributed by atoms with E-state index in [1.807, 2.05) is 31.2 Å². The summed E-state index contributed by atoms with van der Waals surface area (Å²) in [6.45, 7) is 3.16. The summed E-state index contributed by atoms with van der Waals surface area (Å²) < 4.78 is 26.8. The minimum absolute atomic E-state index is 0.370. The standard InChI is InChI=1S/C21H25ClN2O6/c1-4-28-19-12-15(14-23-24-21(25)27-3)11-18(22)20(19)30-10-6-9-29-17-8-5-7-16(13-17)26-2/h5,7-8,11-14H,4,6,9-10H2,1-3H3,(H,24,25). The van der Waals surface area contributed by atoms with Gasteiger partial charge in [0, 0.05) is 12.5 Å². The van der Waals surface area contributed by atoms with Crippen LogP contribution in [0.5, 0.6) is 23.0 Å². The first-order valence-electron chi connectivity index (χ1n) is 9.30. The first-order valence-corrected chi connectivity index (χ1v) is 9.68. The van der Waals surface area contributed by atoms with E-state index in [4.69, 9.17) is 30.5 Å². The van der Waals surface area contributed by atoms with Gasteiger partial charge in [-0.3, -0.25) is 0 Å². The second kappa shape index (κ2) is 12.4. The van der Waals surface area contributed by atoms with E-state index in [0.717, 1.165) is 11.5 Å². The maximum Gasteiger partial charge on any atom is 0.427 e. The first-order chi connectivity index (χ1) is 14.6. The molecule has 0 bridgehead atoms. The first kappa shape index (κ1) is 23.2. The van der Waals surface area contributed by atoms with E-state index in [1.54, 1.807) is 19.2 Å². The molecule has 0 saturated heterocycles. The maximum absolute atomic E-state index is 11.1. The van der Waals surface area contributed by atoms with Gasteiger partial charge in [-0.2, -0.15) is 5.10 Å². The zero-order valence-electron chi connectivity index (χ0n) is 17.1. The van der Waals surface area contributed by atoms with Crippen LogP contribution in [-0.4, -0.2) is 46.3 Å². The molecule has 0 aliphatic rings. The molecular weight excluding hydrogens is 412 g/mol. The van der Waals surface area contributed by atoms with Crippen LogP contribution in [0.3, 0.4) is 0 Å².